The maximum absolute atomic E-state index is 12.4. The van der Waals surface area contributed by atoms with Gasteiger partial charge in [-0.2, -0.15) is 0 Å². The monoisotopic (exact) mass is 394 g/mol. The smallest absolute Gasteiger partial charge is 0.347 e. The van der Waals surface area contributed by atoms with Crippen LogP contribution in [0.25, 0.3) is 0 Å². The summed E-state index contributed by atoms with van der Waals surface area (Å²) in [6.45, 7) is 16.4. The highest BCUT2D eigenvalue weighted by Crippen LogP contribution is 2.18. The van der Waals surface area contributed by atoms with E-state index in [2.05, 4.69) is 52.0 Å². The molecule has 4 unspecified atom stereocenters. The molecule has 0 aliphatic heterocycles. The van der Waals surface area contributed by atoms with Gasteiger partial charge in [-0.25, -0.2) is 4.79 Å². The van der Waals surface area contributed by atoms with E-state index in [-0.39, 0.29) is 30.3 Å². The average Bonchev–Trinajstić information content (AvgIpc) is 2.58. The minimum absolute atomic E-state index is 0.114. The molecule has 0 bridgehead atoms. The van der Waals surface area contributed by atoms with Crippen LogP contribution < -0.4 is 0 Å². The minimum Gasteiger partial charge on any atom is -0.463 e. The number of rotatable bonds is 13. The van der Waals surface area contributed by atoms with E-state index in [4.69, 9.17) is 9.47 Å². The van der Waals surface area contributed by atoms with Crippen molar-refractivity contribution in [1.82, 2.24) is 0 Å². The number of hydrogen-bond acceptors (Lipinski definition) is 4. The molecule has 0 spiro atoms. The molecule has 0 N–H and O–H groups in total. The molecule has 0 amide bonds. The fourth-order valence-electron chi connectivity index (χ4n) is 3.18. The molecule has 4 nitrogen and oxygen atoms in total. The predicted molar refractivity (Wildman–Crippen MR) is 116 cm³/mol. The van der Waals surface area contributed by atoms with Crippen LogP contribution in [0.1, 0.15) is 74.7 Å². The van der Waals surface area contributed by atoms with Crippen LogP contribution in [-0.2, 0) is 19.1 Å². The maximum Gasteiger partial charge on any atom is 0.347 e. The first-order valence-electron chi connectivity index (χ1n) is 10.8. The second-order valence-electron chi connectivity index (χ2n) is 8.67. The van der Waals surface area contributed by atoms with E-state index in [1.165, 1.54) is 6.42 Å². The van der Waals surface area contributed by atoms with E-state index in [1.807, 2.05) is 20.8 Å². The van der Waals surface area contributed by atoms with Gasteiger partial charge >= 0.3 is 11.9 Å². The van der Waals surface area contributed by atoms with Crippen LogP contribution in [0.5, 0.6) is 0 Å². The van der Waals surface area contributed by atoms with E-state index in [9.17, 15) is 9.59 Å². The van der Waals surface area contributed by atoms with Gasteiger partial charge in [0.1, 0.15) is 0 Å². The Kier molecular flexibility index (Phi) is 13.6. The van der Waals surface area contributed by atoms with E-state index < -0.39 is 12.1 Å². The van der Waals surface area contributed by atoms with Crippen molar-refractivity contribution >= 4 is 11.9 Å². The van der Waals surface area contributed by atoms with Crippen molar-refractivity contribution in [2.45, 2.75) is 80.8 Å². The zero-order valence-electron chi connectivity index (χ0n) is 19.2. The van der Waals surface area contributed by atoms with E-state index >= 15 is 0 Å². The summed E-state index contributed by atoms with van der Waals surface area (Å²) < 4.78 is 10.4. The molecular formula is C24H42O4. The van der Waals surface area contributed by atoms with Gasteiger partial charge in [0.05, 0.1) is 12.5 Å². The highest BCUT2D eigenvalue weighted by molar-refractivity contribution is 5.80. The van der Waals surface area contributed by atoms with Crippen molar-refractivity contribution in [2.75, 3.05) is 6.61 Å². The lowest BCUT2D eigenvalue weighted by atomic mass is 9.96. The maximum atomic E-state index is 12.4. The highest BCUT2D eigenvalue weighted by Gasteiger charge is 2.29. The summed E-state index contributed by atoms with van der Waals surface area (Å²) in [7, 11) is 0. The fraction of sp³-hybridized carbons (Fsp3) is 0.750. The Balaban J connectivity index is 4.44. The average molecular weight is 395 g/mol. The standard InChI is InChI=1S/C24H42O4/c1-9-27-24(26)22(18(4)5)28-23(25)21(8)16-20(7)14-12-10-11-13-19(6)15-17(2)3/h11-14,17-22H,9-10,15-16H2,1-8H3/b13-11-,14-12-. The summed E-state index contributed by atoms with van der Waals surface area (Å²) in [5.74, 6) is 0.404. The number of carbonyl (C=O) groups is 2. The third-order valence-corrected chi connectivity index (χ3v) is 4.54. The van der Waals surface area contributed by atoms with Crippen molar-refractivity contribution in [3.8, 4) is 0 Å². The molecule has 4 atom stereocenters. The second kappa shape index (κ2) is 14.4. The Morgan fingerprint density at radius 3 is 1.82 bits per heavy atom. The van der Waals surface area contributed by atoms with Gasteiger partial charge in [0, 0.05) is 5.92 Å². The topological polar surface area (TPSA) is 52.6 Å². The number of ether oxygens (including phenoxy) is 2. The van der Waals surface area contributed by atoms with Gasteiger partial charge in [0.15, 0.2) is 0 Å². The first kappa shape index (κ1) is 26.4. The molecule has 0 aromatic carbocycles. The zero-order chi connectivity index (χ0) is 21.7. The summed E-state index contributed by atoms with van der Waals surface area (Å²) in [6, 6.07) is 0. The lowest BCUT2D eigenvalue weighted by Crippen LogP contribution is -2.35. The van der Waals surface area contributed by atoms with Crippen LogP contribution >= 0.6 is 0 Å². The first-order valence-corrected chi connectivity index (χ1v) is 10.8. The largest absolute Gasteiger partial charge is 0.463 e. The molecule has 0 aliphatic carbocycles. The van der Waals surface area contributed by atoms with Crippen LogP contribution in [0, 0.1) is 29.6 Å². The van der Waals surface area contributed by atoms with Crippen LogP contribution in [0.3, 0.4) is 0 Å². The lowest BCUT2D eigenvalue weighted by Gasteiger charge is -2.22. The van der Waals surface area contributed by atoms with Crippen molar-refractivity contribution in [2.24, 2.45) is 29.6 Å². The van der Waals surface area contributed by atoms with Gasteiger partial charge in [0.2, 0.25) is 6.10 Å². The second-order valence-corrected chi connectivity index (χ2v) is 8.67. The molecule has 0 aliphatic rings. The van der Waals surface area contributed by atoms with Gasteiger partial charge in [-0.3, -0.25) is 4.79 Å². The van der Waals surface area contributed by atoms with Crippen molar-refractivity contribution in [3.63, 3.8) is 0 Å². The fourth-order valence-corrected chi connectivity index (χ4v) is 3.18. The molecule has 0 aromatic heterocycles. The molecule has 28 heavy (non-hydrogen) atoms. The van der Waals surface area contributed by atoms with Gasteiger partial charge in [-0.15, -0.1) is 0 Å². The molecule has 162 valence electrons. The van der Waals surface area contributed by atoms with Crippen molar-refractivity contribution in [3.05, 3.63) is 24.3 Å². The van der Waals surface area contributed by atoms with Crippen molar-refractivity contribution in [1.29, 1.82) is 0 Å². The Hall–Kier alpha value is -1.58. The molecule has 0 heterocycles. The molecule has 0 rings (SSSR count). The van der Waals surface area contributed by atoms with E-state index in [0.29, 0.717) is 12.3 Å². The van der Waals surface area contributed by atoms with Crippen LogP contribution in [-0.4, -0.2) is 24.6 Å². The van der Waals surface area contributed by atoms with E-state index in [1.54, 1.807) is 6.92 Å². The molecule has 0 radical (unpaired) electrons. The Morgan fingerprint density at radius 1 is 0.821 bits per heavy atom. The van der Waals surface area contributed by atoms with Gasteiger partial charge in [0.25, 0.3) is 0 Å². The minimum atomic E-state index is -0.835. The third kappa shape index (κ3) is 12.0. The SMILES string of the molecule is CCOC(=O)C(OC(=O)C(C)CC(C)/C=C\C/C=C\C(C)CC(C)C)C(C)C. The summed E-state index contributed by atoms with van der Waals surface area (Å²) >= 11 is 0. The third-order valence-electron chi connectivity index (χ3n) is 4.54. The van der Waals surface area contributed by atoms with Gasteiger partial charge in [-0.05, 0) is 43.9 Å². The summed E-state index contributed by atoms with van der Waals surface area (Å²) in [5, 5.41) is 0. The Bertz CT molecular complexity index is 505. The number of esters is 2. The molecule has 0 saturated heterocycles. The molecular weight excluding hydrogens is 352 g/mol. The molecule has 4 heteroatoms. The summed E-state index contributed by atoms with van der Waals surface area (Å²) in [6.07, 6.45) is 10.7. The number of carbonyl (C=O) groups excluding carboxylic acids is 2. The Morgan fingerprint density at radius 2 is 1.36 bits per heavy atom. The molecule has 0 saturated carbocycles. The number of allylic oxidation sites excluding steroid dienone is 4. The van der Waals surface area contributed by atoms with Gasteiger partial charge < -0.3 is 9.47 Å². The molecule has 0 aromatic rings. The molecule has 0 fully saturated rings. The van der Waals surface area contributed by atoms with Gasteiger partial charge in [-0.1, -0.05) is 72.8 Å². The Labute approximate surface area is 172 Å². The summed E-state index contributed by atoms with van der Waals surface area (Å²) in [5.41, 5.74) is 0. The van der Waals surface area contributed by atoms with Crippen LogP contribution in [0.4, 0.5) is 0 Å². The first-order chi connectivity index (χ1) is 13.1. The van der Waals surface area contributed by atoms with Crippen LogP contribution in [0.15, 0.2) is 24.3 Å². The quantitative estimate of drug-likeness (QED) is 0.285. The lowest BCUT2D eigenvalue weighted by molar-refractivity contribution is -0.173. The summed E-state index contributed by atoms with van der Waals surface area (Å²) in [4.78, 5) is 24.3. The van der Waals surface area contributed by atoms with Crippen molar-refractivity contribution < 1.29 is 19.1 Å². The highest BCUT2D eigenvalue weighted by atomic mass is 16.6. The predicted octanol–water partition coefficient (Wildman–Crippen LogP) is 5.96. The number of hydrogen-bond donors (Lipinski definition) is 0. The normalized spacial score (nSPS) is 16.5. The zero-order valence-corrected chi connectivity index (χ0v) is 19.2. The van der Waals surface area contributed by atoms with Crippen LogP contribution in [0.2, 0.25) is 0 Å². The van der Waals surface area contributed by atoms with E-state index in [0.717, 1.165) is 12.3 Å².